The van der Waals surface area contributed by atoms with Crippen molar-refractivity contribution in [2.45, 2.75) is 56.3 Å². The minimum atomic E-state index is -3.61. The van der Waals surface area contributed by atoms with Crippen LogP contribution in [-0.4, -0.2) is 44.0 Å². The van der Waals surface area contributed by atoms with E-state index < -0.39 is 15.8 Å². The summed E-state index contributed by atoms with van der Waals surface area (Å²) in [6, 6.07) is 11.6. The predicted octanol–water partition coefficient (Wildman–Crippen LogP) is 5.58. The van der Waals surface area contributed by atoms with Crippen LogP contribution in [0, 0.1) is 5.82 Å². The van der Waals surface area contributed by atoms with Crippen molar-refractivity contribution in [3.8, 4) is 0 Å². The molecular weight excluding hydrogens is 471 g/mol. The van der Waals surface area contributed by atoms with Crippen LogP contribution < -0.4 is 15.5 Å². The average molecular weight is 505 g/mol. The quantitative estimate of drug-likeness (QED) is 0.519. The van der Waals surface area contributed by atoms with Crippen LogP contribution in [0.1, 0.15) is 51.4 Å². The number of benzene rings is 2. The molecule has 2 N–H and O–H groups in total. The van der Waals surface area contributed by atoms with Crippen molar-refractivity contribution >= 4 is 44.4 Å². The normalized spacial score (nSPS) is 18.1. The van der Waals surface area contributed by atoms with E-state index in [1.807, 2.05) is 6.07 Å². The Bertz CT molecular complexity index is 1090. The SMILES string of the molecule is O=S(=O)(c1ccc(N2CCCCCC2)c(NC(=S)Nc2ccccc2F)c1)N1CCCCCC1. The largest absolute Gasteiger partial charge is 0.370 e. The molecule has 0 bridgehead atoms. The minimum Gasteiger partial charge on any atom is -0.370 e. The fourth-order valence-corrected chi connectivity index (χ4v) is 6.40. The Balaban J connectivity index is 1.64. The molecule has 2 aliphatic heterocycles. The van der Waals surface area contributed by atoms with Crippen LogP contribution in [0.5, 0.6) is 0 Å². The molecule has 0 atom stereocenters. The number of rotatable bonds is 5. The third-order valence-electron chi connectivity index (χ3n) is 6.49. The Morgan fingerprint density at radius 3 is 2.03 bits per heavy atom. The van der Waals surface area contributed by atoms with Gasteiger partial charge in [-0.1, -0.05) is 37.8 Å². The molecular formula is C25H33FN4O2S2. The molecule has 9 heteroatoms. The standard InChI is InChI=1S/C25H33FN4O2S2/c26-21-11-5-6-12-22(21)27-25(33)28-23-19-20(34(31,32)30-17-9-3-4-10-18-30)13-14-24(23)29-15-7-1-2-8-16-29/h5-6,11-14,19H,1-4,7-10,15-18H2,(H2,27,28,33). The van der Waals surface area contributed by atoms with Gasteiger partial charge in [0.2, 0.25) is 10.0 Å². The van der Waals surface area contributed by atoms with Gasteiger partial charge in [-0.15, -0.1) is 0 Å². The molecule has 2 saturated heterocycles. The van der Waals surface area contributed by atoms with Crippen molar-refractivity contribution in [1.29, 1.82) is 0 Å². The van der Waals surface area contributed by atoms with E-state index in [2.05, 4.69) is 15.5 Å². The summed E-state index contributed by atoms with van der Waals surface area (Å²) in [5, 5.41) is 6.27. The van der Waals surface area contributed by atoms with E-state index in [9.17, 15) is 12.8 Å². The van der Waals surface area contributed by atoms with Crippen molar-refractivity contribution in [3.05, 3.63) is 48.3 Å². The molecule has 2 aromatic rings. The first-order chi connectivity index (χ1) is 16.4. The first-order valence-corrected chi connectivity index (χ1v) is 14.0. The van der Waals surface area contributed by atoms with E-state index in [0.717, 1.165) is 57.3 Å². The van der Waals surface area contributed by atoms with Crippen molar-refractivity contribution in [2.75, 3.05) is 41.7 Å². The molecule has 0 radical (unpaired) electrons. The summed E-state index contributed by atoms with van der Waals surface area (Å²) in [5.41, 5.74) is 1.80. The molecule has 6 nitrogen and oxygen atoms in total. The first-order valence-electron chi connectivity index (χ1n) is 12.2. The first kappa shape index (κ1) is 24.9. The van der Waals surface area contributed by atoms with E-state index >= 15 is 0 Å². The third-order valence-corrected chi connectivity index (χ3v) is 8.59. The molecule has 0 amide bonds. The summed E-state index contributed by atoms with van der Waals surface area (Å²) >= 11 is 5.48. The second-order valence-electron chi connectivity index (χ2n) is 8.96. The van der Waals surface area contributed by atoms with Gasteiger partial charge in [0.05, 0.1) is 22.0 Å². The summed E-state index contributed by atoms with van der Waals surface area (Å²) in [7, 11) is -3.61. The number of nitrogens with zero attached hydrogens (tertiary/aromatic N) is 2. The van der Waals surface area contributed by atoms with Crippen LogP contribution in [0.25, 0.3) is 0 Å². The Morgan fingerprint density at radius 2 is 1.38 bits per heavy atom. The van der Waals surface area contributed by atoms with Gasteiger partial charge in [0, 0.05) is 26.2 Å². The molecule has 0 unspecified atom stereocenters. The van der Waals surface area contributed by atoms with Crippen molar-refractivity contribution in [1.82, 2.24) is 4.31 Å². The monoisotopic (exact) mass is 504 g/mol. The zero-order valence-electron chi connectivity index (χ0n) is 19.4. The third kappa shape index (κ3) is 6.06. The lowest BCUT2D eigenvalue weighted by Crippen LogP contribution is -2.32. The van der Waals surface area contributed by atoms with E-state index in [1.165, 1.54) is 18.9 Å². The molecule has 2 aliphatic rings. The Hall–Kier alpha value is -2.23. The van der Waals surface area contributed by atoms with Crippen molar-refractivity contribution in [2.24, 2.45) is 0 Å². The Morgan fingerprint density at radius 1 is 0.794 bits per heavy atom. The second-order valence-corrected chi connectivity index (χ2v) is 11.3. The molecule has 0 aliphatic carbocycles. The van der Waals surface area contributed by atoms with Gasteiger partial charge in [-0.25, -0.2) is 12.8 Å². The van der Waals surface area contributed by atoms with Crippen LogP contribution in [0.2, 0.25) is 0 Å². The summed E-state index contributed by atoms with van der Waals surface area (Å²) in [4.78, 5) is 2.53. The number of hydrogen-bond donors (Lipinski definition) is 2. The van der Waals surface area contributed by atoms with E-state index in [1.54, 1.807) is 34.6 Å². The molecule has 4 rings (SSSR count). The van der Waals surface area contributed by atoms with Crippen molar-refractivity contribution in [3.63, 3.8) is 0 Å². The number of nitrogens with one attached hydrogen (secondary N) is 2. The summed E-state index contributed by atoms with van der Waals surface area (Å²) < 4.78 is 42.6. The number of sulfonamides is 1. The number of anilines is 3. The van der Waals surface area contributed by atoms with E-state index in [-0.39, 0.29) is 15.7 Å². The number of para-hydroxylation sites is 1. The van der Waals surface area contributed by atoms with Gasteiger partial charge in [-0.3, -0.25) is 0 Å². The van der Waals surface area contributed by atoms with Gasteiger partial charge < -0.3 is 15.5 Å². The summed E-state index contributed by atoms with van der Waals surface area (Å²) in [5.74, 6) is -0.406. The highest BCUT2D eigenvalue weighted by Gasteiger charge is 2.27. The van der Waals surface area contributed by atoms with Crippen molar-refractivity contribution < 1.29 is 12.8 Å². The molecule has 2 fully saturated rings. The van der Waals surface area contributed by atoms with Crippen LogP contribution in [0.3, 0.4) is 0 Å². The summed E-state index contributed by atoms with van der Waals surface area (Å²) in [6.07, 6.45) is 8.43. The lowest BCUT2D eigenvalue weighted by atomic mass is 10.2. The fraction of sp³-hybridized carbons (Fsp3) is 0.480. The molecule has 0 saturated carbocycles. The molecule has 2 aromatic carbocycles. The maximum atomic E-state index is 14.1. The molecule has 2 heterocycles. The highest BCUT2D eigenvalue weighted by molar-refractivity contribution is 7.89. The molecule has 34 heavy (non-hydrogen) atoms. The zero-order chi connectivity index (χ0) is 24.0. The topological polar surface area (TPSA) is 64.7 Å². The maximum absolute atomic E-state index is 14.1. The smallest absolute Gasteiger partial charge is 0.243 e. The highest BCUT2D eigenvalue weighted by Crippen LogP contribution is 2.32. The van der Waals surface area contributed by atoms with Gasteiger partial charge >= 0.3 is 0 Å². The summed E-state index contributed by atoms with van der Waals surface area (Å²) in [6.45, 7) is 2.90. The maximum Gasteiger partial charge on any atom is 0.243 e. The highest BCUT2D eigenvalue weighted by atomic mass is 32.2. The van der Waals surface area contributed by atoms with Gasteiger partial charge in [-0.05, 0) is 68.2 Å². The van der Waals surface area contributed by atoms with Crippen LogP contribution in [0.4, 0.5) is 21.5 Å². The Kier molecular flexibility index (Phi) is 8.39. The van der Waals surface area contributed by atoms with E-state index in [4.69, 9.17) is 12.2 Å². The predicted molar refractivity (Wildman–Crippen MR) is 141 cm³/mol. The fourth-order valence-electron chi connectivity index (χ4n) is 4.63. The average Bonchev–Trinajstić information content (AvgIpc) is 3.26. The number of thiocarbonyl (C=S) groups is 1. The lowest BCUT2D eigenvalue weighted by molar-refractivity contribution is 0.424. The van der Waals surface area contributed by atoms with Crippen LogP contribution in [0.15, 0.2) is 47.4 Å². The minimum absolute atomic E-state index is 0.213. The van der Waals surface area contributed by atoms with Crippen LogP contribution >= 0.6 is 12.2 Å². The van der Waals surface area contributed by atoms with Gasteiger partial charge in [0.25, 0.3) is 0 Å². The lowest BCUT2D eigenvalue weighted by Gasteiger charge is -2.27. The van der Waals surface area contributed by atoms with Gasteiger partial charge in [0.1, 0.15) is 5.82 Å². The number of hydrogen-bond acceptors (Lipinski definition) is 4. The van der Waals surface area contributed by atoms with Crippen LogP contribution in [-0.2, 0) is 10.0 Å². The zero-order valence-corrected chi connectivity index (χ0v) is 21.1. The van der Waals surface area contributed by atoms with E-state index in [0.29, 0.717) is 18.8 Å². The second kappa shape index (κ2) is 11.5. The Labute approximate surface area is 207 Å². The molecule has 0 aromatic heterocycles. The molecule has 0 spiro atoms. The van der Waals surface area contributed by atoms with Gasteiger partial charge in [-0.2, -0.15) is 4.31 Å². The number of halogens is 1. The molecule has 184 valence electrons. The van der Waals surface area contributed by atoms with Gasteiger partial charge in [0.15, 0.2) is 5.11 Å².